The molecule has 0 saturated heterocycles. The van der Waals surface area contributed by atoms with E-state index in [4.69, 9.17) is 9.47 Å². The molecule has 152 valence electrons. The Balaban J connectivity index is 1.32. The fourth-order valence-corrected chi connectivity index (χ4v) is 3.76. The minimum atomic E-state index is -0.263. The topological polar surface area (TPSA) is 76.7 Å². The molecule has 1 saturated carbocycles. The van der Waals surface area contributed by atoms with Gasteiger partial charge in [-0.25, -0.2) is 0 Å². The fourth-order valence-electron chi connectivity index (χ4n) is 3.76. The lowest BCUT2D eigenvalue weighted by molar-refractivity contribution is -0.125. The summed E-state index contributed by atoms with van der Waals surface area (Å²) < 4.78 is 10.7. The second kappa shape index (κ2) is 8.15. The van der Waals surface area contributed by atoms with Gasteiger partial charge in [-0.15, -0.1) is 0 Å². The van der Waals surface area contributed by atoms with E-state index >= 15 is 0 Å². The third-order valence-electron chi connectivity index (χ3n) is 5.61. The maximum atomic E-state index is 12.7. The SMILES string of the molecule is CCc1cccc(CC)c1NC(=O)C1CC1C(=O)NCc1ccc2c(c1)OCO2. The van der Waals surface area contributed by atoms with Crippen LogP contribution in [0.1, 0.15) is 37.0 Å². The van der Waals surface area contributed by atoms with Crippen LogP contribution in [0.15, 0.2) is 36.4 Å². The lowest BCUT2D eigenvalue weighted by atomic mass is 10.0. The van der Waals surface area contributed by atoms with Crippen LogP contribution in [-0.2, 0) is 29.0 Å². The van der Waals surface area contributed by atoms with Crippen LogP contribution in [0.2, 0.25) is 0 Å². The van der Waals surface area contributed by atoms with Gasteiger partial charge in [-0.3, -0.25) is 9.59 Å². The molecular formula is C23H26N2O4. The number of carbonyl (C=O) groups is 2. The zero-order valence-corrected chi connectivity index (χ0v) is 16.8. The first kappa shape index (κ1) is 19.3. The molecule has 0 spiro atoms. The molecule has 2 atom stereocenters. The van der Waals surface area contributed by atoms with Crippen LogP contribution < -0.4 is 20.1 Å². The Bertz CT molecular complexity index is 918. The molecule has 1 fully saturated rings. The monoisotopic (exact) mass is 394 g/mol. The number of hydrogen-bond acceptors (Lipinski definition) is 4. The smallest absolute Gasteiger partial charge is 0.231 e. The normalized spacial score (nSPS) is 19.0. The molecule has 2 unspecified atom stereocenters. The zero-order chi connectivity index (χ0) is 20.4. The molecule has 4 rings (SSSR count). The number of nitrogens with one attached hydrogen (secondary N) is 2. The molecule has 2 aromatic rings. The van der Waals surface area contributed by atoms with E-state index in [1.54, 1.807) is 0 Å². The van der Waals surface area contributed by atoms with Crippen molar-refractivity contribution in [1.29, 1.82) is 0 Å². The Hall–Kier alpha value is -3.02. The van der Waals surface area contributed by atoms with Crippen molar-refractivity contribution < 1.29 is 19.1 Å². The lowest BCUT2D eigenvalue weighted by Crippen LogP contribution is -2.27. The van der Waals surface area contributed by atoms with E-state index in [0.29, 0.717) is 18.7 Å². The van der Waals surface area contributed by atoms with E-state index in [2.05, 4.69) is 24.5 Å². The molecule has 1 aliphatic heterocycles. The number of anilines is 1. The predicted molar refractivity (Wildman–Crippen MR) is 110 cm³/mol. The maximum Gasteiger partial charge on any atom is 0.231 e. The highest BCUT2D eigenvalue weighted by atomic mass is 16.7. The summed E-state index contributed by atoms with van der Waals surface area (Å²) in [5.41, 5.74) is 4.10. The molecular weight excluding hydrogens is 368 g/mol. The number of para-hydroxylation sites is 1. The Morgan fingerprint density at radius 2 is 1.66 bits per heavy atom. The number of aryl methyl sites for hydroxylation is 2. The highest BCUT2D eigenvalue weighted by Crippen LogP contribution is 2.40. The third-order valence-corrected chi connectivity index (χ3v) is 5.61. The van der Waals surface area contributed by atoms with Gasteiger partial charge in [0.05, 0.1) is 11.8 Å². The van der Waals surface area contributed by atoms with Crippen LogP contribution in [0.4, 0.5) is 5.69 Å². The van der Waals surface area contributed by atoms with Gasteiger partial charge < -0.3 is 20.1 Å². The number of fused-ring (bicyclic) bond motifs is 1. The number of rotatable bonds is 7. The number of ether oxygens (including phenoxy) is 2. The standard InChI is InChI=1S/C23H26N2O4/c1-3-15-6-5-7-16(4-2)21(15)25-23(27)18-11-17(18)22(26)24-12-14-8-9-19-20(10-14)29-13-28-19/h5-10,17-18H,3-4,11-13H2,1-2H3,(H,24,26)(H,25,27). The minimum absolute atomic E-state index is 0.0659. The van der Waals surface area contributed by atoms with Crippen molar-refractivity contribution in [3.05, 3.63) is 53.1 Å². The Labute approximate surface area is 170 Å². The number of benzene rings is 2. The van der Waals surface area contributed by atoms with Crippen LogP contribution in [-0.4, -0.2) is 18.6 Å². The lowest BCUT2D eigenvalue weighted by Gasteiger charge is -2.14. The highest BCUT2D eigenvalue weighted by molar-refractivity contribution is 6.00. The van der Waals surface area contributed by atoms with Gasteiger partial charge in [-0.2, -0.15) is 0 Å². The first-order valence-electron chi connectivity index (χ1n) is 10.2. The molecule has 6 nitrogen and oxygen atoms in total. The summed E-state index contributed by atoms with van der Waals surface area (Å²) in [7, 11) is 0. The van der Waals surface area contributed by atoms with Crippen molar-refractivity contribution in [3.63, 3.8) is 0 Å². The van der Waals surface area contributed by atoms with Crippen molar-refractivity contribution in [2.75, 3.05) is 12.1 Å². The van der Waals surface area contributed by atoms with Crippen molar-refractivity contribution in [1.82, 2.24) is 5.32 Å². The van der Waals surface area contributed by atoms with Gasteiger partial charge in [-0.05, 0) is 48.1 Å². The summed E-state index contributed by atoms with van der Waals surface area (Å²) >= 11 is 0. The van der Waals surface area contributed by atoms with E-state index < -0.39 is 0 Å². The summed E-state index contributed by atoms with van der Waals surface area (Å²) in [6.07, 6.45) is 2.30. The van der Waals surface area contributed by atoms with Crippen LogP contribution in [0, 0.1) is 11.8 Å². The zero-order valence-electron chi connectivity index (χ0n) is 16.8. The van der Waals surface area contributed by atoms with Crippen LogP contribution in [0.3, 0.4) is 0 Å². The number of hydrogen-bond donors (Lipinski definition) is 2. The molecule has 0 bridgehead atoms. The Kier molecular flexibility index (Phi) is 5.43. The third kappa shape index (κ3) is 4.06. The second-order valence-electron chi connectivity index (χ2n) is 7.50. The van der Waals surface area contributed by atoms with Crippen molar-refractivity contribution >= 4 is 17.5 Å². The average molecular weight is 394 g/mol. The van der Waals surface area contributed by atoms with E-state index in [9.17, 15) is 9.59 Å². The predicted octanol–water partition coefficient (Wildman–Crippen LogP) is 3.43. The van der Waals surface area contributed by atoms with E-state index in [1.165, 1.54) is 0 Å². The summed E-state index contributed by atoms with van der Waals surface area (Å²) in [6.45, 7) is 4.78. The van der Waals surface area contributed by atoms with Gasteiger partial charge in [0.1, 0.15) is 0 Å². The fraction of sp³-hybridized carbons (Fsp3) is 0.391. The molecule has 0 radical (unpaired) electrons. The van der Waals surface area contributed by atoms with Crippen molar-refractivity contribution in [2.24, 2.45) is 11.8 Å². The largest absolute Gasteiger partial charge is 0.454 e. The highest BCUT2D eigenvalue weighted by Gasteiger charge is 2.48. The molecule has 2 N–H and O–H groups in total. The van der Waals surface area contributed by atoms with Crippen LogP contribution in [0.25, 0.3) is 0 Å². The summed E-state index contributed by atoms with van der Waals surface area (Å²) in [5, 5.41) is 6.01. The van der Waals surface area contributed by atoms with Gasteiger partial charge in [0, 0.05) is 12.2 Å². The van der Waals surface area contributed by atoms with E-state index in [1.807, 2.05) is 36.4 Å². The van der Waals surface area contributed by atoms with Crippen LogP contribution in [0.5, 0.6) is 11.5 Å². The van der Waals surface area contributed by atoms with E-state index in [-0.39, 0.29) is 30.4 Å². The van der Waals surface area contributed by atoms with Gasteiger partial charge in [0.2, 0.25) is 18.6 Å². The van der Waals surface area contributed by atoms with Gasteiger partial charge in [-0.1, -0.05) is 38.1 Å². The van der Waals surface area contributed by atoms with Crippen LogP contribution >= 0.6 is 0 Å². The molecule has 29 heavy (non-hydrogen) atoms. The van der Waals surface area contributed by atoms with Gasteiger partial charge in [0.15, 0.2) is 11.5 Å². The molecule has 2 aliphatic rings. The quantitative estimate of drug-likeness (QED) is 0.754. The molecule has 1 heterocycles. The summed E-state index contributed by atoms with van der Waals surface area (Å²) in [4.78, 5) is 25.2. The molecule has 2 amide bonds. The Morgan fingerprint density at radius 1 is 0.966 bits per heavy atom. The number of amides is 2. The average Bonchev–Trinajstić information content (AvgIpc) is 3.42. The first-order chi connectivity index (χ1) is 14.1. The summed E-state index contributed by atoms with van der Waals surface area (Å²) in [5.74, 6) is 0.745. The molecule has 6 heteroatoms. The second-order valence-corrected chi connectivity index (χ2v) is 7.50. The molecule has 0 aromatic heterocycles. The van der Waals surface area contributed by atoms with Gasteiger partial charge in [0.25, 0.3) is 0 Å². The summed E-state index contributed by atoms with van der Waals surface area (Å²) in [6, 6.07) is 11.7. The first-order valence-corrected chi connectivity index (χ1v) is 10.2. The number of carbonyl (C=O) groups excluding carboxylic acids is 2. The van der Waals surface area contributed by atoms with Crippen molar-refractivity contribution in [3.8, 4) is 11.5 Å². The minimum Gasteiger partial charge on any atom is -0.454 e. The Morgan fingerprint density at radius 3 is 2.38 bits per heavy atom. The molecule has 2 aromatic carbocycles. The van der Waals surface area contributed by atoms with E-state index in [0.717, 1.165) is 41.0 Å². The maximum absolute atomic E-state index is 12.7. The van der Waals surface area contributed by atoms with Gasteiger partial charge >= 0.3 is 0 Å². The molecule has 1 aliphatic carbocycles. The van der Waals surface area contributed by atoms with Crippen molar-refractivity contribution in [2.45, 2.75) is 39.7 Å².